The Balaban J connectivity index is 2.54. The summed E-state index contributed by atoms with van der Waals surface area (Å²) in [6.45, 7) is 6.07. The van der Waals surface area contributed by atoms with Crippen LogP contribution in [-0.2, 0) is 5.41 Å². The van der Waals surface area contributed by atoms with Gasteiger partial charge in [-0.15, -0.1) is 0 Å². The predicted octanol–water partition coefficient (Wildman–Crippen LogP) is 4.77. The molecule has 7 heteroatoms. The van der Waals surface area contributed by atoms with Gasteiger partial charge in [-0.05, 0) is 28.1 Å². The summed E-state index contributed by atoms with van der Waals surface area (Å²) in [7, 11) is 0. The van der Waals surface area contributed by atoms with Gasteiger partial charge in [0.15, 0.2) is 5.82 Å². The molecule has 1 aromatic heterocycles. The molecule has 2 aromatic rings. The Morgan fingerprint density at radius 3 is 2.24 bits per heavy atom. The van der Waals surface area contributed by atoms with E-state index in [-0.39, 0.29) is 11.1 Å². The number of nitro groups is 1. The normalized spacial score (nSPS) is 11.5. The van der Waals surface area contributed by atoms with E-state index in [1.165, 1.54) is 12.1 Å². The van der Waals surface area contributed by atoms with Crippen molar-refractivity contribution in [2.24, 2.45) is 0 Å². The summed E-state index contributed by atoms with van der Waals surface area (Å²) in [4.78, 5) is 19.0. The number of aromatic nitrogens is 2. The lowest BCUT2D eigenvalue weighted by Crippen LogP contribution is -2.16. The third-order valence-electron chi connectivity index (χ3n) is 2.86. The third-order valence-corrected chi connectivity index (χ3v) is 4.11. The van der Waals surface area contributed by atoms with Crippen molar-refractivity contribution in [1.29, 1.82) is 0 Å². The lowest BCUT2D eigenvalue weighted by molar-refractivity contribution is -0.384. The summed E-state index contributed by atoms with van der Waals surface area (Å²) in [5, 5.41) is 11.0. The largest absolute Gasteiger partial charge is 0.269 e. The molecule has 2 rings (SSSR count). The van der Waals surface area contributed by atoms with Crippen molar-refractivity contribution >= 4 is 33.2 Å². The van der Waals surface area contributed by atoms with Crippen molar-refractivity contribution in [2.75, 3.05) is 0 Å². The summed E-state index contributed by atoms with van der Waals surface area (Å²) >= 11 is 9.56. The minimum absolute atomic E-state index is 0.0259. The molecular formula is C14H13BrClN3O2. The smallest absolute Gasteiger partial charge is 0.258 e. The Bertz CT molecular complexity index is 697. The molecule has 21 heavy (non-hydrogen) atoms. The maximum absolute atomic E-state index is 10.7. The van der Waals surface area contributed by atoms with E-state index in [9.17, 15) is 10.1 Å². The molecule has 0 N–H and O–H groups in total. The Morgan fingerprint density at radius 2 is 1.76 bits per heavy atom. The fraction of sp³-hybridized carbons (Fsp3) is 0.286. The van der Waals surface area contributed by atoms with E-state index in [0.717, 1.165) is 5.69 Å². The maximum atomic E-state index is 10.7. The van der Waals surface area contributed by atoms with Crippen LogP contribution in [0.4, 0.5) is 5.69 Å². The Kier molecular flexibility index (Phi) is 4.30. The van der Waals surface area contributed by atoms with Gasteiger partial charge < -0.3 is 0 Å². The highest BCUT2D eigenvalue weighted by atomic mass is 79.9. The summed E-state index contributed by atoms with van der Waals surface area (Å²) in [5.41, 5.74) is 1.29. The lowest BCUT2D eigenvalue weighted by Gasteiger charge is -2.20. The van der Waals surface area contributed by atoms with Crippen LogP contribution in [0, 0.1) is 10.1 Å². The van der Waals surface area contributed by atoms with Gasteiger partial charge in [0.2, 0.25) is 0 Å². The molecule has 0 spiro atoms. The molecule has 0 amide bonds. The molecule has 1 aromatic carbocycles. The van der Waals surface area contributed by atoms with Gasteiger partial charge in [-0.2, -0.15) is 0 Å². The number of halogens is 2. The number of hydrogen-bond acceptors (Lipinski definition) is 4. The monoisotopic (exact) mass is 369 g/mol. The molecule has 0 unspecified atom stereocenters. The number of rotatable bonds is 2. The molecule has 0 radical (unpaired) electrons. The van der Waals surface area contributed by atoms with E-state index in [0.29, 0.717) is 21.0 Å². The number of benzene rings is 1. The van der Waals surface area contributed by atoms with Crippen LogP contribution in [0.2, 0.25) is 5.15 Å². The average Bonchev–Trinajstić information content (AvgIpc) is 2.40. The first-order chi connectivity index (χ1) is 9.70. The van der Waals surface area contributed by atoms with E-state index in [1.54, 1.807) is 12.1 Å². The molecule has 0 aliphatic carbocycles. The molecule has 0 saturated heterocycles. The highest BCUT2D eigenvalue weighted by Crippen LogP contribution is 2.34. The fourth-order valence-corrected chi connectivity index (χ4v) is 2.72. The zero-order valence-electron chi connectivity index (χ0n) is 11.7. The first-order valence-corrected chi connectivity index (χ1v) is 7.35. The highest BCUT2D eigenvalue weighted by Gasteiger charge is 2.23. The fourth-order valence-electron chi connectivity index (χ4n) is 1.78. The van der Waals surface area contributed by atoms with E-state index in [4.69, 9.17) is 11.6 Å². The SMILES string of the molecule is CC(C)(C)c1nc(-c2ccc([N+](=O)[O-])cc2)nc(Cl)c1Br. The first kappa shape index (κ1) is 15.9. The molecule has 5 nitrogen and oxygen atoms in total. The molecule has 0 fully saturated rings. The minimum atomic E-state index is -0.445. The van der Waals surface area contributed by atoms with E-state index in [2.05, 4.69) is 25.9 Å². The molecule has 0 saturated carbocycles. The quantitative estimate of drug-likeness (QED) is 0.434. The van der Waals surface area contributed by atoms with Crippen LogP contribution in [-0.4, -0.2) is 14.9 Å². The Labute approximate surface area is 135 Å². The van der Waals surface area contributed by atoms with Crippen molar-refractivity contribution in [3.05, 3.63) is 49.7 Å². The van der Waals surface area contributed by atoms with Gasteiger partial charge in [0.1, 0.15) is 5.15 Å². The second-order valence-electron chi connectivity index (χ2n) is 5.55. The summed E-state index contributed by atoms with van der Waals surface area (Å²) in [5.74, 6) is 0.447. The number of nitrogens with zero attached hydrogens (tertiary/aromatic N) is 3. The van der Waals surface area contributed by atoms with Crippen molar-refractivity contribution in [1.82, 2.24) is 9.97 Å². The van der Waals surface area contributed by atoms with Crippen LogP contribution in [0.15, 0.2) is 28.7 Å². The van der Waals surface area contributed by atoms with Crippen molar-refractivity contribution < 1.29 is 4.92 Å². The zero-order chi connectivity index (χ0) is 15.8. The summed E-state index contributed by atoms with van der Waals surface area (Å²) < 4.78 is 0.669. The molecule has 0 aliphatic rings. The van der Waals surface area contributed by atoms with Crippen LogP contribution in [0.3, 0.4) is 0 Å². The van der Waals surface area contributed by atoms with Crippen LogP contribution < -0.4 is 0 Å². The molecule has 1 heterocycles. The summed E-state index contributed by atoms with van der Waals surface area (Å²) in [6.07, 6.45) is 0. The summed E-state index contributed by atoms with van der Waals surface area (Å²) in [6, 6.07) is 6.07. The minimum Gasteiger partial charge on any atom is -0.258 e. The van der Waals surface area contributed by atoms with E-state index >= 15 is 0 Å². The van der Waals surface area contributed by atoms with Crippen molar-refractivity contribution in [3.63, 3.8) is 0 Å². The van der Waals surface area contributed by atoms with E-state index in [1.807, 2.05) is 20.8 Å². The van der Waals surface area contributed by atoms with Gasteiger partial charge in [0.05, 0.1) is 15.1 Å². The Morgan fingerprint density at radius 1 is 1.19 bits per heavy atom. The van der Waals surface area contributed by atoms with Gasteiger partial charge in [0, 0.05) is 23.1 Å². The van der Waals surface area contributed by atoms with Crippen molar-refractivity contribution in [2.45, 2.75) is 26.2 Å². The van der Waals surface area contributed by atoms with Gasteiger partial charge >= 0.3 is 0 Å². The molecular weight excluding hydrogens is 358 g/mol. The van der Waals surface area contributed by atoms with E-state index < -0.39 is 4.92 Å². The Hall–Kier alpha value is -1.53. The zero-order valence-corrected chi connectivity index (χ0v) is 14.1. The van der Waals surface area contributed by atoms with Crippen LogP contribution >= 0.6 is 27.5 Å². The molecule has 0 bridgehead atoms. The van der Waals surface area contributed by atoms with Gasteiger partial charge in [-0.1, -0.05) is 32.4 Å². The lowest BCUT2D eigenvalue weighted by atomic mass is 9.92. The molecule has 0 atom stereocenters. The van der Waals surface area contributed by atoms with Gasteiger partial charge in [0.25, 0.3) is 5.69 Å². The van der Waals surface area contributed by atoms with Crippen molar-refractivity contribution in [3.8, 4) is 11.4 Å². The maximum Gasteiger partial charge on any atom is 0.269 e. The second-order valence-corrected chi connectivity index (χ2v) is 6.71. The van der Waals surface area contributed by atoms with Gasteiger partial charge in [-0.3, -0.25) is 10.1 Å². The highest BCUT2D eigenvalue weighted by molar-refractivity contribution is 9.10. The average molecular weight is 371 g/mol. The van der Waals surface area contributed by atoms with Crippen LogP contribution in [0.5, 0.6) is 0 Å². The third kappa shape index (κ3) is 3.39. The van der Waals surface area contributed by atoms with Crippen LogP contribution in [0.1, 0.15) is 26.5 Å². The number of hydrogen-bond donors (Lipinski definition) is 0. The molecule has 110 valence electrons. The number of nitro benzene ring substituents is 1. The molecule has 0 aliphatic heterocycles. The standard InChI is InChI=1S/C14H13BrClN3O2/c1-14(2,3)11-10(15)12(16)18-13(17-11)8-4-6-9(7-5-8)19(20)21/h4-7H,1-3H3. The topological polar surface area (TPSA) is 68.9 Å². The predicted molar refractivity (Wildman–Crippen MR) is 85.5 cm³/mol. The van der Waals surface area contributed by atoms with Gasteiger partial charge in [-0.25, -0.2) is 9.97 Å². The van der Waals surface area contributed by atoms with Crippen LogP contribution in [0.25, 0.3) is 11.4 Å². The number of non-ortho nitro benzene ring substituents is 1. The first-order valence-electron chi connectivity index (χ1n) is 6.18. The second kappa shape index (κ2) is 5.69.